The van der Waals surface area contributed by atoms with E-state index in [9.17, 15) is 9.59 Å². The monoisotopic (exact) mass is 285 g/mol. The summed E-state index contributed by atoms with van der Waals surface area (Å²) in [4.78, 5) is 22.7. The summed E-state index contributed by atoms with van der Waals surface area (Å²) in [6.07, 6.45) is 4.48. The molecule has 0 aliphatic carbocycles. The molecule has 0 spiro atoms. The first-order valence-corrected chi connectivity index (χ1v) is 7.57. The average Bonchev–Trinajstić information content (AvgIpc) is 2.36. The fourth-order valence-electron chi connectivity index (χ4n) is 2.66. The van der Waals surface area contributed by atoms with Crippen LogP contribution in [0.2, 0.25) is 0 Å². The molecule has 0 saturated carbocycles. The zero-order valence-electron chi connectivity index (χ0n) is 12.6. The highest BCUT2D eigenvalue weighted by Gasteiger charge is 2.19. The SMILES string of the molecule is CC(C)CC(CNC(=O)CC1CCCCO1)CC(=O)O. The Labute approximate surface area is 121 Å². The lowest BCUT2D eigenvalue weighted by molar-refractivity contribution is -0.138. The summed E-state index contributed by atoms with van der Waals surface area (Å²) in [5, 5.41) is 11.7. The summed E-state index contributed by atoms with van der Waals surface area (Å²) >= 11 is 0. The van der Waals surface area contributed by atoms with Crippen molar-refractivity contribution in [3.63, 3.8) is 0 Å². The van der Waals surface area contributed by atoms with Crippen molar-refractivity contribution < 1.29 is 19.4 Å². The minimum Gasteiger partial charge on any atom is -0.481 e. The van der Waals surface area contributed by atoms with Crippen LogP contribution in [0.3, 0.4) is 0 Å². The predicted molar refractivity (Wildman–Crippen MR) is 76.4 cm³/mol. The van der Waals surface area contributed by atoms with Crippen LogP contribution in [-0.2, 0) is 14.3 Å². The molecule has 116 valence electrons. The number of ether oxygens (including phenoxy) is 1. The molecule has 0 bridgehead atoms. The van der Waals surface area contributed by atoms with E-state index in [4.69, 9.17) is 9.84 Å². The number of carbonyl (C=O) groups excluding carboxylic acids is 1. The zero-order valence-corrected chi connectivity index (χ0v) is 12.6. The molecule has 0 radical (unpaired) electrons. The quantitative estimate of drug-likeness (QED) is 0.717. The molecule has 2 atom stereocenters. The van der Waals surface area contributed by atoms with Gasteiger partial charge in [-0.1, -0.05) is 13.8 Å². The summed E-state index contributed by atoms with van der Waals surface area (Å²) in [7, 11) is 0. The zero-order chi connectivity index (χ0) is 15.0. The lowest BCUT2D eigenvalue weighted by atomic mass is 9.94. The molecular weight excluding hydrogens is 258 g/mol. The van der Waals surface area contributed by atoms with Crippen LogP contribution in [0, 0.1) is 11.8 Å². The van der Waals surface area contributed by atoms with Crippen LogP contribution in [-0.4, -0.2) is 36.2 Å². The van der Waals surface area contributed by atoms with Gasteiger partial charge in [-0.25, -0.2) is 0 Å². The number of amides is 1. The van der Waals surface area contributed by atoms with Crippen LogP contribution in [0.25, 0.3) is 0 Å². The molecule has 5 heteroatoms. The second kappa shape index (κ2) is 8.95. The normalized spacial score (nSPS) is 20.6. The number of nitrogens with one attached hydrogen (secondary N) is 1. The standard InChI is InChI=1S/C15H27NO4/c1-11(2)7-12(8-15(18)19)10-16-14(17)9-13-5-3-4-6-20-13/h11-13H,3-10H2,1-2H3,(H,16,17)(H,18,19). The maximum atomic E-state index is 11.8. The number of hydrogen-bond donors (Lipinski definition) is 2. The molecule has 5 nitrogen and oxygen atoms in total. The molecule has 0 aromatic rings. The summed E-state index contributed by atoms with van der Waals surface area (Å²) < 4.78 is 5.53. The Morgan fingerprint density at radius 2 is 2.10 bits per heavy atom. The number of carboxylic acid groups (broad SMARTS) is 1. The molecule has 2 unspecified atom stereocenters. The van der Waals surface area contributed by atoms with E-state index in [0.29, 0.717) is 18.9 Å². The largest absolute Gasteiger partial charge is 0.481 e. The first-order chi connectivity index (χ1) is 9.47. The van der Waals surface area contributed by atoms with Crippen LogP contribution in [0.4, 0.5) is 0 Å². The molecule has 1 rings (SSSR count). The fraction of sp³-hybridized carbons (Fsp3) is 0.867. The molecule has 1 saturated heterocycles. The second-order valence-corrected chi connectivity index (χ2v) is 6.09. The lowest BCUT2D eigenvalue weighted by Gasteiger charge is -2.23. The van der Waals surface area contributed by atoms with Crippen LogP contribution in [0.1, 0.15) is 52.4 Å². The third-order valence-corrected chi connectivity index (χ3v) is 3.54. The van der Waals surface area contributed by atoms with Crippen molar-refractivity contribution in [2.45, 2.75) is 58.5 Å². The van der Waals surface area contributed by atoms with Crippen molar-refractivity contribution in [1.29, 1.82) is 0 Å². The summed E-state index contributed by atoms with van der Waals surface area (Å²) in [6, 6.07) is 0. The highest BCUT2D eigenvalue weighted by Crippen LogP contribution is 2.17. The van der Waals surface area contributed by atoms with Gasteiger partial charge in [0.15, 0.2) is 0 Å². The van der Waals surface area contributed by atoms with E-state index in [1.54, 1.807) is 0 Å². The molecule has 0 aromatic carbocycles. The Kier molecular flexibility index (Phi) is 7.59. The first kappa shape index (κ1) is 17.0. The van der Waals surface area contributed by atoms with Gasteiger partial charge in [-0.3, -0.25) is 9.59 Å². The van der Waals surface area contributed by atoms with E-state index in [1.165, 1.54) is 0 Å². The summed E-state index contributed by atoms with van der Waals surface area (Å²) in [5.41, 5.74) is 0. The van der Waals surface area contributed by atoms with Gasteiger partial charge in [-0.05, 0) is 37.5 Å². The van der Waals surface area contributed by atoms with E-state index in [0.717, 1.165) is 32.3 Å². The second-order valence-electron chi connectivity index (χ2n) is 6.09. The van der Waals surface area contributed by atoms with Gasteiger partial charge in [-0.15, -0.1) is 0 Å². The number of carboxylic acids is 1. The van der Waals surface area contributed by atoms with E-state index < -0.39 is 5.97 Å². The first-order valence-electron chi connectivity index (χ1n) is 7.57. The van der Waals surface area contributed by atoms with Crippen molar-refractivity contribution >= 4 is 11.9 Å². The fourth-order valence-corrected chi connectivity index (χ4v) is 2.66. The number of aliphatic carboxylic acids is 1. The van der Waals surface area contributed by atoms with Gasteiger partial charge < -0.3 is 15.2 Å². The Morgan fingerprint density at radius 3 is 2.65 bits per heavy atom. The Balaban J connectivity index is 2.29. The molecule has 1 fully saturated rings. The van der Waals surface area contributed by atoms with Crippen molar-refractivity contribution in [2.75, 3.05) is 13.2 Å². The highest BCUT2D eigenvalue weighted by atomic mass is 16.5. The van der Waals surface area contributed by atoms with Gasteiger partial charge in [0.25, 0.3) is 0 Å². The third-order valence-electron chi connectivity index (χ3n) is 3.54. The van der Waals surface area contributed by atoms with Crippen LogP contribution in [0.15, 0.2) is 0 Å². The molecule has 1 amide bonds. The molecule has 1 aliphatic rings. The number of rotatable bonds is 8. The van der Waals surface area contributed by atoms with Gasteiger partial charge >= 0.3 is 5.97 Å². The number of carbonyl (C=O) groups is 2. The lowest BCUT2D eigenvalue weighted by Crippen LogP contribution is -2.34. The number of hydrogen-bond acceptors (Lipinski definition) is 3. The Morgan fingerprint density at radius 1 is 1.35 bits per heavy atom. The summed E-state index contributed by atoms with van der Waals surface area (Å²) in [6.45, 7) is 5.31. The van der Waals surface area contributed by atoms with E-state index in [-0.39, 0.29) is 24.3 Å². The van der Waals surface area contributed by atoms with Crippen LogP contribution < -0.4 is 5.32 Å². The molecule has 0 aromatic heterocycles. The Bertz CT molecular complexity index is 311. The highest BCUT2D eigenvalue weighted by molar-refractivity contribution is 5.76. The van der Waals surface area contributed by atoms with Gasteiger partial charge in [-0.2, -0.15) is 0 Å². The molecule has 20 heavy (non-hydrogen) atoms. The molecular formula is C15H27NO4. The summed E-state index contributed by atoms with van der Waals surface area (Å²) in [5.74, 6) is -0.404. The van der Waals surface area contributed by atoms with Crippen molar-refractivity contribution in [3.8, 4) is 0 Å². The van der Waals surface area contributed by atoms with Gasteiger partial charge in [0.05, 0.1) is 12.5 Å². The maximum Gasteiger partial charge on any atom is 0.303 e. The smallest absolute Gasteiger partial charge is 0.303 e. The molecule has 2 N–H and O–H groups in total. The molecule has 1 heterocycles. The predicted octanol–water partition coefficient (Wildman–Crippen LogP) is 2.20. The minimum atomic E-state index is -0.805. The minimum absolute atomic E-state index is 0.00345. The van der Waals surface area contributed by atoms with Gasteiger partial charge in [0, 0.05) is 19.6 Å². The average molecular weight is 285 g/mol. The van der Waals surface area contributed by atoms with Crippen molar-refractivity contribution in [3.05, 3.63) is 0 Å². The van der Waals surface area contributed by atoms with Crippen LogP contribution >= 0.6 is 0 Å². The maximum absolute atomic E-state index is 11.8. The van der Waals surface area contributed by atoms with Crippen molar-refractivity contribution in [2.24, 2.45) is 11.8 Å². The van der Waals surface area contributed by atoms with E-state index in [1.807, 2.05) is 0 Å². The topological polar surface area (TPSA) is 75.6 Å². The van der Waals surface area contributed by atoms with E-state index >= 15 is 0 Å². The van der Waals surface area contributed by atoms with Crippen molar-refractivity contribution in [1.82, 2.24) is 5.32 Å². The van der Waals surface area contributed by atoms with Gasteiger partial charge in [0.2, 0.25) is 5.91 Å². The third kappa shape index (κ3) is 7.48. The molecule has 1 aliphatic heterocycles. The van der Waals surface area contributed by atoms with E-state index in [2.05, 4.69) is 19.2 Å². The Hall–Kier alpha value is -1.10. The van der Waals surface area contributed by atoms with Gasteiger partial charge in [0.1, 0.15) is 0 Å². The van der Waals surface area contributed by atoms with Crippen LogP contribution in [0.5, 0.6) is 0 Å².